The van der Waals surface area contributed by atoms with Crippen LogP contribution >= 0.6 is 0 Å². The third-order valence-electron chi connectivity index (χ3n) is 6.61. The van der Waals surface area contributed by atoms with Crippen molar-refractivity contribution < 1.29 is 31.9 Å². The number of sulfonamides is 1. The molecule has 1 saturated heterocycles. The van der Waals surface area contributed by atoms with Crippen LogP contribution in [-0.4, -0.2) is 85.8 Å². The Kier molecular flexibility index (Phi) is 11.4. The highest BCUT2D eigenvalue weighted by molar-refractivity contribution is 7.89. The van der Waals surface area contributed by atoms with E-state index in [2.05, 4.69) is 5.32 Å². The Morgan fingerprint density at radius 1 is 1.05 bits per heavy atom. The summed E-state index contributed by atoms with van der Waals surface area (Å²) < 4.78 is 46.7. The van der Waals surface area contributed by atoms with Gasteiger partial charge >= 0.3 is 12.0 Å². The molecule has 10 nitrogen and oxygen atoms in total. The molecule has 12 heteroatoms. The van der Waals surface area contributed by atoms with Gasteiger partial charge in [-0.1, -0.05) is 37.3 Å². The lowest BCUT2D eigenvalue weighted by Gasteiger charge is -2.39. The third kappa shape index (κ3) is 8.49. The molecule has 3 amide bonds. The summed E-state index contributed by atoms with van der Waals surface area (Å²) in [6.45, 7) is 4.06. The molecule has 0 atom stereocenters. The van der Waals surface area contributed by atoms with Crippen molar-refractivity contribution in [1.82, 2.24) is 19.4 Å². The van der Waals surface area contributed by atoms with E-state index in [1.54, 1.807) is 47.1 Å². The Morgan fingerprint density at radius 3 is 2.38 bits per heavy atom. The van der Waals surface area contributed by atoms with Crippen LogP contribution in [0.4, 0.5) is 9.18 Å². The topological polar surface area (TPSA) is 116 Å². The van der Waals surface area contributed by atoms with E-state index >= 15 is 0 Å². The zero-order chi connectivity index (χ0) is 29.1. The predicted octanol–water partition coefficient (Wildman–Crippen LogP) is 2.99. The molecule has 0 radical (unpaired) electrons. The average Bonchev–Trinajstić information content (AvgIpc) is 2.95. The number of piperidine rings is 1. The smallest absolute Gasteiger partial charge is 0.325 e. The molecule has 2 aromatic carbocycles. The van der Waals surface area contributed by atoms with Gasteiger partial charge in [-0.2, -0.15) is 4.31 Å². The average molecular weight is 577 g/mol. The molecule has 2 aromatic rings. The van der Waals surface area contributed by atoms with Gasteiger partial charge in [0.15, 0.2) is 0 Å². The fraction of sp³-hybridized carbons (Fsp3) is 0.464. The number of benzene rings is 2. The second-order valence-electron chi connectivity index (χ2n) is 9.49. The number of rotatable bonds is 12. The Bertz CT molecular complexity index is 1250. The third-order valence-corrected chi connectivity index (χ3v) is 8.47. The highest BCUT2D eigenvalue weighted by atomic mass is 32.2. The van der Waals surface area contributed by atoms with Crippen LogP contribution in [-0.2, 0) is 30.9 Å². The van der Waals surface area contributed by atoms with Crippen LogP contribution in [0.2, 0.25) is 0 Å². The van der Waals surface area contributed by atoms with Gasteiger partial charge in [-0.25, -0.2) is 17.6 Å². The number of urea groups is 1. The normalized spacial score (nSPS) is 14.2. The molecular formula is C28H37FN4O6S. The molecule has 3 rings (SSSR count). The number of halogens is 1. The molecule has 1 heterocycles. The molecule has 40 heavy (non-hydrogen) atoms. The largest absolute Gasteiger partial charge is 0.465 e. The van der Waals surface area contributed by atoms with Gasteiger partial charge < -0.3 is 19.9 Å². The van der Waals surface area contributed by atoms with Crippen LogP contribution in [0, 0.1) is 5.82 Å². The molecule has 0 bridgehead atoms. The molecule has 1 aliphatic heterocycles. The Morgan fingerprint density at radius 2 is 1.75 bits per heavy atom. The zero-order valence-electron chi connectivity index (χ0n) is 22.9. The van der Waals surface area contributed by atoms with Gasteiger partial charge in [-0.05, 0) is 56.0 Å². The van der Waals surface area contributed by atoms with Crippen molar-refractivity contribution in [2.24, 2.45) is 0 Å². The van der Waals surface area contributed by atoms with Gasteiger partial charge in [0.2, 0.25) is 15.9 Å². The quantitative estimate of drug-likeness (QED) is 0.389. The number of nitrogens with one attached hydrogen (secondary N) is 1. The molecule has 1 N–H and O–H groups in total. The minimum absolute atomic E-state index is 0.0989. The lowest BCUT2D eigenvalue weighted by molar-refractivity contribution is -0.142. The summed E-state index contributed by atoms with van der Waals surface area (Å²) in [7, 11) is -3.91. The highest BCUT2D eigenvalue weighted by Crippen LogP contribution is 2.22. The minimum atomic E-state index is -3.91. The number of carbonyl (C=O) groups excluding carboxylic acids is 3. The van der Waals surface area contributed by atoms with Crippen LogP contribution in [0.1, 0.15) is 38.7 Å². The number of hydrogen-bond acceptors (Lipinski definition) is 6. The summed E-state index contributed by atoms with van der Waals surface area (Å²) in [5.41, 5.74) is 0.580. The maximum absolute atomic E-state index is 14.0. The van der Waals surface area contributed by atoms with Gasteiger partial charge in [0.25, 0.3) is 0 Å². The first-order valence-electron chi connectivity index (χ1n) is 13.4. The molecule has 0 aromatic heterocycles. The Hall–Kier alpha value is -3.51. The number of ether oxygens (including phenoxy) is 1. The number of likely N-dealkylation sites (tertiary alicyclic amines) is 1. The van der Waals surface area contributed by atoms with Crippen LogP contribution < -0.4 is 5.32 Å². The lowest BCUT2D eigenvalue weighted by atomic mass is 10.0. The fourth-order valence-electron chi connectivity index (χ4n) is 4.62. The number of nitrogens with zero attached hydrogens (tertiary/aromatic N) is 3. The van der Waals surface area contributed by atoms with Crippen molar-refractivity contribution in [3.8, 4) is 0 Å². The van der Waals surface area contributed by atoms with Crippen molar-refractivity contribution in [3.05, 3.63) is 66.0 Å². The fourth-order valence-corrected chi connectivity index (χ4v) is 6.12. The maximum atomic E-state index is 14.0. The highest BCUT2D eigenvalue weighted by Gasteiger charge is 2.33. The molecule has 1 aliphatic rings. The van der Waals surface area contributed by atoms with Crippen molar-refractivity contribution >= 4 is 27.9 Å². The van der Waals surface area contributed by atoms with Gasteiger partial charge in [0.05, 0.1) is 18.0 Å². The summed E-state index contributed by atoms with van der Waals surface area (Å²) in [5.74, 6) is -1.36. The van der Waals surface area contributed by atoms with E-state index < -0.39 is 33.7 Å². The SMILES string of the molecule is CCCN(CC(=O)N(Cc1cccc(F)c1)C1CCN(C(=O)NCC(=O)OCC)CC1)S(=O)(=O)c1ccccc1. The maximum Gasteiger partial charge on any atom is 0.325 e. The monoisotopic (exact) mass is 576 g/mol. The van der Waals surface area contributed by atoms with Crippen LogP contribution in [0.15, 0.2) is 59.5 Å². The van der Waals surface area contributed by atoms with E-state index in [-0.39, 0.29) is 43.7 Å². The van der Waals surface area contributed by atoms with Gasteiger partial charge in [-0.3, -0.25) is 9.59 Å². The van der Waals surface area contributed by atoms with E-state index in [1.165, 1.54) is 28.6 Å². The zero-order valence-corrected chi connectivity index (χ0v) is 23.7. The lowest BCUT2D eigenvalue weighted by Crippen LogP contribution is -2.53. The summed E-state index contributed by atoms with van der Waals surface area (Å²) in [5, 5.41) is 2.54. The molecule has 0 saturated carbocycles. The van der Waals surface area contributed by atoms with Crippen molar-refractivity contribution in [3.63, 3.8) is 0 Å². The molecular weight excluding hydrogens is 539 g/mol. The summed E-state index contributed by atoms with van der Waals surface area (Å²) in [4.78, 5) is 41.1. The first-order chi connectivity index (χ1) is 19.1. The van der Waals surface area contributed by atoms with Crippen molar-refractivity contribution in [2.75, 3.05) is 39.3 Å². The van der Waals surface area contributed by atoms with E-state index in [4.69, 9.17) is 4.74 Å². The standard InChI is InChI=1S/C28H37FN4O6S/c1-3-15-32(40(37,38)25-11-6-5-7-12-25)21-26(34)33(20-22-9-8-10-23(29)18-22)24-13-16-31(17-14-24)28(36)30-19-27(35)39-4-2/h5-12,18,24H,3-4,13-17,19-21H2,1-2H3,(H,30,36). The summed E-state index contributed by atoms with van der Waals surface area (Å²) >= 11 is 0. The van der Waals surface area contributed by atoms with Crippen LogP contribution in [0.5, 0.6) is 0 Å². The number of esters is 1. The Labute approximate surface area is 235 Å². The second kappa shape index (κ2) is 14.8. The van der Waals surface area contributed by atoms with E-state index in [9.17, 15) is 27.2 Å². The van der Waals surface area contributed by atoms with Crippen molar-refractivity contribution in [2.45, 2.75) is 50.6 Å². The summed E-state index contributed by atoms with van der Waals surface area (Å²) in [6.07, 6.45) is 1.39. The molecule has 1 fully saturated rings. The second-order valence-corrected chi connectivity index (χ2v) is 11.4. The van der Waals surface area contributed by atoms with E-state index in [0.29, 0.717) is 37.9 Å². The number of hydrogen-bond donors (Lipinski definition) is 1. The first kappa shape index (κ1) is 31.0. The van der Waals surface area contributed by atoms with Crippen molar-refractivity contribution in [1.29, 1.82) is 0 Å². The Balaban J connectivity index is 1.75. The molecule has 0 aliphatic carbocycles. The van der Waals surface area contributed by atoms with E-state index in [1.807, 2.05) is 6.92 Å². The number of amides is 3. The molecule has 0 unspecified atom stereocenters. The summed E-state index contributed by atoms with van der Waals surface area (Å²) in [6, 6.07) is 13.2. The predicted molar refractivity (Wildman–Crippen MR) is 147 cm³/mol. The van der Waals surface area contributed by atoms with Gasteiger partial charge in [-0.15, -0.1) is 0 Å². The minimum Gasteiger partial charge on any atom is -0.465 e. The molecule has 0 spiro atoms. The molecule has 218 valence electrons. The van der Waals surface area contributed by atoms with Gasteiger partial charge in [0, 0.05) is 32.2 Å². The van der Waals surface area contributed by atoms with Gasteiger partial charge in [0.1, 0.15) is 12.4 Å². The van der Waals surface area contributed by atoms with Crippen LogP contribution in [0.3, 0.4) is 0 Å². The first-order valence-corrected chi connectivity index (χ1v) is 14.9. The van der Waals surface area contributed by atoms with Crippen LogP contribution in [0.25, 0.3) is 0 Å². The van der Waals surface area contributed by atoms with E-state index in [0.717, 1.165) is 0 Å². The number of carbonyl (C=O) groups is 3.